The van der Waals surface area contributed by atoms with Gasteiger partial charge in [0.15, 0.2) is 11.5 Å². The first kappa shape index (κ1) is 14.8. The monoisotopic (exact) mass is 293 g/mol. The molecule has 0 radical (unpaired) electrons. The second-order valence-corrected chi connectivity index (χ2v) is 4.65. The first-order valence-electron chi connectivity index (χ1n) is 6.04. The van der Waals surface area contributed by atoms with E-state index in [4.69, 9.17) is 9.63 Å². The van der Waals surface area contributed by atoms with Gasteiger partial charge in [-0.25, -0.2) is 4.79 Å². The number of aromatic nitrogens is 1. The average Bonchev–Trinajstić information content (AvgIpc) is 2.78. The van der Waals surface area contributed by atoms with Gasteiger partial charge < -0.3 is 9.63 Å². The van der Waals surface area contributed by atoms with E-state index in [0.29, 0.717) is 38.5 Å². The molecule has 1 aliphatic rings. The van der Waals surface area contributed by atoms with E-state index in [0.717, 1.165) is 0 Å². The third-order valence-electron chi connectivity index (χ3n) is 3.03. The lowest BCUT2D eigenvalue weighted by molar-refractivity contribution is -0.149. The molecule has 20 heavy (non-hydrogen) atoms. The Balaban J connectivity index is 1.80. The molecule has 2 heterocycles. The van der Waals surface area contributed by atoms with E-state index in [2.05, 4.69) is 5.16 Å². The van der Waals surface area contributed by atoms with Crippen LogP contribution in [0.1, 0.15) is 16.2 Å². The normalized spacial score (nSPS) is 18.4. The van der Waals surface area contributed by atoms with E-state index in [1.54, 1.807) is 0 Å². The standard InChI is InChI=1S/C11H14F3N3O3/c12-11(13,14)7-17-3-1-16(2-4-17)6-8-5-9(10(18)19)15-20-8/h5H,1-4,6-7H2,(H,18,19). The highest BCUT2D eigenvalue weighted by atomic mass is 19.4. The quantitative estimate of drug-likeness (QED) is 0.895. The molecule has 1 aromatic heterocycles. The molecule has 1 saturated heterocycles. The second kappa shape index (κ2) is 5.80. The summed E-state index contributed by atoms with van der Waals surface area (Å²) in [5, 5.41) is 12.1. The van der Waals surface area contributed by atoms with Crippen LogP contribution in [0.3, 0.4) is 0 Å². The highest BCUT2D eigenvalue weighted by molar-refractivity contribution is 5.85. The minimum absolute atomic E-state index is 0.171. The Labute approximate surface area is 112 Å². The zero-order valence-electron chi connectivity index (χ0n) is 10.6. The summed E-state index contributed by atoms with van der Waals surface area (Å²) in [6, 6.07) is 1.32. The van der Waals surface area contributed by atoms with E-state index < -0.39 is 18.7 Å². The largest absolute Gasteiger partial charge is 0.476 e. The van der Waals surface area contributed by atoms with Gasteiger partial charge >= 0.3 is 12.1 Å². The molecule has 0 atom stereocenters. The van der Waals surface area contributed by atoms with Crippen LogP contribution in [0.4, 0.5) is 13.2 Å². The fraction of sp³-hybridized carbons (Fsp3) is 0.636. The minimum atomic E-state index is -4.18. The van der Waals surface area contributed by atoms with Gasteiger partial charge in [0.1, 0.15) is 0 Å². The molecule has 1 fully saturated rings. The van der Waals surface area contributed by atoms with Crippen LogP contribution in [0.15, 0.2) is 10.6 Å². The van der Waals surface area contributed by atoms with E-state index in [-0.39, 0.29) is 5.69 Å². The van der Waals surface area contributed by atoms with Crippen molar-refractivity contribution in [2.75, 3.05) is 32.7 Å². The molecule has 0 spiro atoms. The van der Waals surface area contributed by atoms with Gasteiger partial charge in [0.25, 0.3) is 0 Å². The second-order valence-electron chi connectivity index (χ2n) is 4.65. The lowest BCUT2D eigenvalue weighted by atomic mass is 10.3. The van der Waals surface area contributed by atoms with Gasteiger partial charge in [-0.15, -0.1) is 0 Å². The van der Waals surface area contributed by atoms with E-state index in [1.807, 2.05) is 4.90 Å². The maximum atomic E-state index is 12.2. The minimum Gasteiger partial charge on any atom is -0.476 e. The Morgan fingerprint density at radius 3 is 2.40 bits per heavy atom. The Hall–Kier alpha value is -1.61. The van der Waals surface area contributed by atoms with Crippen molar-refractivity contribution in [3.05, 3.63) is 17.5 Å². The third-order valence-corrected chi connectivity index (χ3v) is 3.03. The molecule has 0 amide bonds. The van der Waals surface area contributed by atoms with Gasteiger partial charge in [-0.1, -0.05) is 5.16 Å². The van der Waals surface area contributed by atoms with Gasteiger partial charge in [-0.3, -0.25) is 9.80 Å². The molecule has 0 saturated carbocycles. The Bertz CT molecular complexity index is 467. The van der Waals surface area contributed by atoms with E-state index in [1.165, 1.54) is 11.0 Å². The average molecular weight is 293 g/mol. The fourth-order valence-corrected chi connectivity index (χ4v) is 2.07. The number of alkyl halides is 3. The Morgan fingerprint density at radius 2 is 1.90 bits per heavy atom. The number of hydrogen-bond donors (Lipinski definition) is 1. The summed E-state index contributed by atoms with van der Waals surface area (Å²) >= 11 is 0. The van der Waals surface area contributed by atoms with Crippen molar-refractivity contribution in [2.45, 2.75) is 12.7 Å². The molecular weight excluding hydrogens is 279 g/mol. The summed E-state index contributed by atoms with van der Waals surface area (Å²) in [6.45, 7) is 1.03. The van der Waals surface area contributed by atoms with Crippen LogP contribution in [-0.4, -0.2) is 64.9 Å². The number of aromatic carboxylic acids is 1. The molecule has 6 nitrogen and oxygen atoms in total. The zero-order chi connectivity index (χ0) is 14.8. The molecule has 9 heteroatoms. The highest BCUT2D eigenvalue weighted by Gasteiger charge is 2.32. The van der Waals surface area contributed by atoms with Crippen molar-refractivity contribution < 1.29 is 27.6 Å². The number of carboxylic acid groups (broad SMARTS) is 1. The summed E-state index contributed by atoms with van der Waals surface area (Å²) in [4.78, 5) is 13.9. The molecule has 1 N–H and O–H groups in total. The van der Waals surface area contributed by atoms with E-state index >= 15 is 0 Å². The summed E-state index contributed by atoms with van der Waals surface area (Å²) in [6.07, 6.45) is -4.18. The van der Waals surface area contributed by atoms with Crippen molar-refractivity contribution in [3.8, 4) is 0 Å². The lowest BCUT2D eigenvalue weighted by Crippen LogP contribution is -2.48. The Kier molecular flexibility index (Phi) is 4.29. The molecule has 0 bridgehead atoms. The number of halogens is 3. The van der Waals surface area contributed by atoms with Gasteiger partial charge in [0.05, 0.1) is 13.1 Å². The van der Waals surface area contributed by atoms with Crippen molar-refractivity contribution in [2.24, 2.45) is 0 Å². The van der Waals surface area contributed by atoms with Crippen LogP contribution in [-0.2, 0) is 6.54 Å². The lowest BCUT2D eigenvalue weighted by Gasteiger charge is -2.34. The number of carbonyl (C=O) groups is 1. The number of hydrogen-bond acceptors (Lipinski definition) is 5. The van der Waals surface area contributed by atoms with Crippen LogP contribution in [0.25, 0.3) is 0 Å². The molecule has 0 unspecified atom stereocenters. The van der Waals surface area contributed by atoms with Crippen molar-refractivity contribution in [1.82, 2.24) is 15.0 Å². The summed E-state index contributed by atoms with van der Waals surface area (Å²) < 4.78 is 41.6. The van der Waals surface area contributed by atoms with Gasteiger partial charge in [0, 0.05) is 32.2 Å². The number of piperazine rings is 1. The van der Waals surface area contributed by atoms with Crippen LogP contribution >= 0.6 is 0 Å². The summed E-state index contributed by atoms with van der Waals surface area (Å²) in [7, 11) is 0. The smallest absolute Gasteiger partial charge is 0.401 e. The highest BCUT2D eigenvalue weighted by Crippen LogP contribution is 2.18. The predicted molar refractivity (Wildman–Crippen MR) is 61.2 cm³/mol. The topological polar surface area (TPSA) is 69.8 Å². The van der Waals surface area contributed by atoms with Gasteiger partial charge in [-0.2, -0.15) is 13.2 Å². The predicted octanol–water partition coefficient (Wildman–Crippen LogP) is 1.05. The first-order chi connectivity index (χ1) is 9.33. The van der Waals surface area contributed by atoms with Gasteiger partial charge in [0.2, 0.25) is 0 Å². The maximum absolute atomic E-state index is 12.2. The number of carboxylic acids is 1. The molecule has 1 aliphatic heterocycles. The van der Waals surface area contributed by atoms with Crippen molar-refractivity contribution in [3.63, 3.8) is 0 Å². The zero-order valence-corrected chi connectivity index (χ0v) is 10.6. The van der Waals surface area contributed by atoms with Crippen LogP contribution in [0.5, 0.6) is 0 Å². The molecule has 2 rings (SSSR count). The van der Waals surface area contributed by atoms with Crippen LogP contribution < -0.4 is 0 Å². The molecule has 112 valence electrons. The summed E-state index contributed by atoms with van der Waals surface area (Å²) in [5.41, 5.74) is -0.171. The number of rotatable bonds is 4. The SMILES string of the molecule is O=C(O)c1cc(CN2CCN(CC(F)(F)F)CC2)on1. The third kappa shape index (κ3) is 4.20. The fourth-order valence-electron chi connectivity index (χ4n) is 2.07. The first-order valence-corrected chi connectivity index (χ1v) is 6.04. The van der Waals surface area contributed by atoms with Crippen molar-refractivity contribution in [1.29, 1.82) is 0 Å². The maximum Gasteiger partial charge on any atom is 0.401 e. The Morgan fingerprint density at radius 1 is 1.30 bits per heavy atom. The molecule has 1 aromatic rings. The molecule has 0 aromatic carbocycles. The molecular formula is C11H14F3N3O3. The van der Waals surface area contributed by atoms with Crippen molar-refractivity contribution >= 4 is 5.97 Å². The van der Waals surface area contributed by atoms with E-state index in [9.17, 15) is 18.0 Å². The summed E-state index contributed by atoms with van der Waals surface area (Å²) in [5.74, 6) is -0.776. The molecule has 0 aliphatic carbocycles. The number of nitrogens with zero attached hydrogens (tertiary/aromatic N) is 3. The van der Waals surface area contributed by atoms with Crippen LogP contribution in [0.2, 0.25) is 0 Å². The van der Waals surface area contributed by atoms with Gasteiger partial charge in [-0.05, 0) is 0 Å². The van der Waals surface area contributed by atoms with Crippen LogP contribution in [0, 0.1) is 0 Å².